The van der Waals surface area contributed by atoms with Gasteiger partial charge in [0.1, 0.15) is 5.70 Å². The third-order valence-corrected chi connectivity index (χ3v) is 5.96. The summed E-state index contributed by atoms with van der Waals surface area (Å²) in [6.07, 6.45) is 2.48. The highest BCUT2D eigenvalue weighted by Crippen LogP contribution is 2.48. The van der Waals surface area contributed by atoms with Crippen molar-refractivity contribution in [3.05, 3.63) is 10.6 Å². The van der Waals surface area contributed by atoms with E-state index in [2.05, 4.69) is 0 Å². The smallest absolute Gasteiger partial charge is 0.353 e. The molecule has 0 aromatic heterocycles. The summed E-state index contributed by atoms with van der Waals surface area (Å²) in [6.45, 7) is 4.06. The van der Waals surface area contributed by atoms with E-state index in [4.69, 9.17) is 0 Å². The van der Waals surface area contributed by atoms with E-state index in [-0.39, 0.29) is 23.6 Å². The summed E-state index contributed by atoms with van der Waals surface area (Å²) in [4.78, 5) is 25.1. The van der Waals surface area contributed by atoms with Crippen LogP contribution in [0.5, 0.6) is 0 Å². The molecule has 1 N–H and O–H groups in total. The lowest BCUT2D eigenvalue weighted by atomic mass is 9.94. The third kappa shape index (κ3) is 1.97. The molecule has 1 amide bonds. The van der Waals surface area contributed by atoms with E-state index in [0.717, 1.165) is 4.91 Å². The van der Waals surface area contributed by atoms with Gasteiger partial charge < -0.3 is 10.0 Å². The summed E-state index contributed by atoms with van der Waals surface area (Å²) in [5, 5.41) is 9.25. The molecule has 2 aliphatic heterocycles. The molecular formula is C11H15NO3S2. The van der Waals surface area contributed by atoms with Gasteiger partial charge in [0.05, 0.1) is 10.6 Å². The van der Waals surface area contributed by atoms with E-state index in [0.29, 0.717) is 11.0 Å². The predicted molar refractivity (Wildman–Crippen MR) is 69.6 cm³/mol. The number of fused-ring (bicyclic) bond motifs is 1. The zero-order valence-electron chi connectivity index (χ0n) is 9.97. The Morgan fingerprint density at radius 2 is 2.24 bits per heavy atom. The zero-order chi connectivity index (χ0) is 12.7. The number of aliphatic carboxylic acids is 1. The van der Waals surface area contributed by atoms with Crippen molar-refractivity contribution >= 4 is 35.4 Å². The molecule has 4 nitrogen and oxygen atoms in total. The molecule has 1 fully saturated rings. The Balaban J connectivity index is 2.31. The Hall–Kier alpha value is -0.620. The highest BCUT2D eigenvalue weighted by Gasteiger charge is 2.51. The number of nitrogens with zero attached hydrogens (tertiary/aromatic N) is 1. The van der Waals surface area contributed by atoms with E-state index >= 15 is 0 Å². The lowest BCUT2D eigenvalue weighted by Gasteiger charge is -2.37. The van der Waals surface area contributed by atoms with Crippen LogP contribution < -0.4 is 0 Å². The van der Waals surface area contributed by atoms with E-state index in [1.54, 1.807) is 23.5 Å². The fraction of sp³-hybridized carbons (Fsp3) is 0.636. The molecule has 2 unspecified atom stereocenters. The lowest BCUT2D eigenvalue weighted by Crippen LogP contribution is -2.51. The number of rotatable bonds is 4. The Kier molecular flexibility index (Phi) is 3.45. The van der Waals surface area contributed by atoms with Crippen molar-refractivity contribution in [2.24, 2.45) is 5.92 Å². The van der Waals surface area contributed by atoms with Crippen LogP contribution >= 0.6 is 23.5 Å². The topological polar surface area (TPSA) is 57.6 Å². The number of carboxylic acid groups (broad SMARTS) is 1. The summed E-state index contributed by atoms with van der Waals surface area (Å²) in [6, 6.07) is 0.0742. The van der Waals surface area contributed by atoms with Crippen LogP contribution in [0.3, 0.4) is 0 Å². The number of carbonyl (C=O) groups excluding carboxylic acids is 1. The second-order valence-corrected chi connectivity index (χ2v) is 7.12. The van der Waals surface area contributed by atoms with Crippen molar-refractivity contribution in [2.75, 3.05) is 6.26 Å². The SMILES string of the molecule is CS[C@@H](C)SC1=C(C(=O)O)N2C(=O)CC2C1C. The van der Waals surface area contributed by atoms with Crippen LogP contribution in [0, 0.1) is 5.92 Å². The van der Waals surface area contributed by atoms with Crippen LogP contribution in [0.1, 0.15) is 20.3 Å². The number of hydrogen-bond donors (Lipinski definition) is 1. The number of carboxylic acids is 1. The summed E-state index contributed by atoms with van der Waals surface area (Å²) < 4.78 is 0.301. The van der Waals surface area contributed by atoms with Crippen molar-refractivity contribution in [1.82, 2.24) is 4.90 Å². The van der Waals surface area contributed by atoms with Gasteiger partial charge in [-0.3, -0.25) is 4.79 Å². The van der Waals surface area contributed by atoms with E-state index in [1.165, 1.54) is 4.90 Å². The molecule has 0 aromatic carbocycles. The Labute approximate surface area is 109 Å². The van der Waals surface area contributed by atoms with Crippen molar-refractivity contribution < 1.29 is 14.7 Å². The van der Waals surface area contributed by atoms with Gasteiger partial charge >= 0.3 is 5.97 Å². The van der Waals surface area contributed by atoms with Gasteiger partial charge in [-0.2, -0.15) is 11.8 Å². The number of hydrogen-bond acceptors (Lipinski definition) is 4. The summed E-state index contributed by atoms with van der Waals surface area (Å²) in [5.74, 6) is -0.895. The summed E-state index contributed by atoms with van der Waals surface area (Å²) in [7, 11) is 0. The van der Waals surface area contributed by atoms with E-state index in [1.807, 2.05) is 20.1 Å². The minimum Gasteiger partial charge on any atom is -0.477 e. The molecule has 0 radical (unpaired) electrons. The molecule has 94 valence electrons. The molecule has 0 aliphatic carbocycles. The van der Waals surface area contributed by atoms with Gasteiger partial charge in [0.25, 0.3) is 0 Å². The minimum absolute atomic E-state index is 0.0633. The molecule has 1 saturated heterocycles. The van der Waals surface area contributed by atoms with Crippen LogP contribution in [-0.4, -0.2) is 38.8 Å². The van der Waals surface area contributed by atoms with Crippen LogP contribution in [0.25, 0.3) is 0 Å². The first-order valence-electron chi connectivity index (χ1n) is 5.46. The maximum Gasteiger partial charge on any atom is 0.353 e. The second kappa shape index (κ2) is 4.57. The van der Waals surface area contributed by atoms with Gasteiger partial charge in [-0.25, -0.2) is 4.79 Å². The van der Waals surface area contributed by atoms with Crippen LogP contribution in [0.15, 0.2) is 10.6 Å². The maximum absolute atomic E-state index is 11.5. The van der Waals surface area contributed by atoms with Crippen LogP contribution in [0.4, 0.5) is 0 Å². The highest BCUT2D eigenvalue weighted by molar-refractivity contribution is 8.18. The maximum atomic E-state index is 11.5. The highest BCUT2D eigenvalue weighted by atomic mass is 32.2. The van der Waals surface area contributed by atoms with Gasteiger partial charge in [-0.15, -0.1) is 11.8 Å². The van der Waals surface area contributed by atoms with Crippen molar-refractivity contribution in [3.8, 4) is 0 Å². The molecule has 0 aromatic rings. The standard InChI is InChI=1S/C11H15NO3S2/c1-5-7-4-8(13)12(7)9(11(14)15)10(5)17-6(2)16-3/h5-7H,4H2,1-3H3,(H,14,15)/t5?,6-,7?/m1/s1. The average Bonchev–Trinajstić information content (AvgIpc) is 2.49. The van der Waals surface area contributed by atoms with E-state index < -0.39 is 5.97 Å². The molecule has 0 saturated carbocycles. The summed E-state index contributed by atoms with van der Waals surface area (Å²) >= 11 is 3.25. The molecule has 0 spiro atoms. The molecular weight excluding hydrogens is 258 g/mol. The number of thioether (sulfide) groups is 2. The second-order valence-electron chi connectivity index (χ2n) is 4.26. The quantitative estimate of drug-likeness (QED) is 0.627. The van der Waals surface area contributed by atoms with Gasteiger partial charge in [-0.1, -0.05) is 6.92 Å². The van der Waals surface area contributed by atoms with Gasteiger partial charge in [0.15, 0.2) is 0 Å². The Bertz CT molecular complexity index is 408. The third-order valence-electron chi connectivity index (χ3n) is 3.28. The zero-order valence-corrected chi connectivity index (χ0v) is 11.6. The van der Waals surface area contributed by atoms with Crippen molar-refractivity contribution in [2.45, 2.75) is 30.9 Å². The normalized spacial score (nSPS) is 29.1. The van der Waals surface area contributed by atoms with Crippen molar-refractivity contribution in [1.29, 1.82) is 0 Å². The van der Waals surface area contributed by atoms with E-state index in [9.17, 15) is 14.7 Å². The molecule has 17 heavy (non-hydrogen) atoms. The lowest BCUT2D eigenvalue weighted by molar-refractivity contribution is -0.148. The summed E-state index contributed by atoms with van der Waals surface area (Å²) in [5.41, 5.74) is 0.213. The van der Waals surface area contributed by atoms with Gasteiger partial charge in [0, 0.05) is 17.2 Å². The average molecular weight is 273 g/mol. The Morgan fingerprint density at radius 3 is 2.71 bits per heavy atom. The monoisotopic (exact) mass is 273 g/mol. The molecule has 6 heteroatoms. The minimum atomic E-state index is -0.983. The molecule has 2 aliphatic rings. The van der Waals surface area contributed by atoms with Crippen LogP contribution in [0.2, 0.25) is 0 Å². The fourth-order valence-electron chi connectivity index (χ4n) is 2.24. The first kappa shape index (κ1) is 12.8. The van der Waals surface area contributed by atoms with Crippen molar-refractivity contribution in [3.63, 3.8) is 0 Å². The largest absolute Gasteiger partial charge is 0.477 e. The van der Waals surface area contributed by atoms with Gasteiger partial charge in [-0.05, 0) is 13.2 Å². The Morgan fingerprint density at radius 1 is 1.59 bits per heavy atom. The first-order chi connectivity index (χ1) is 7.97. The predicted octanol–water partition coefficient (Wildman–Crippen LogP) is 1.98. The van der Waals surface area contributed by atoms with Gasteiger partial charge in [0.2, 0.25) is 5.91 Å². The number of β-lactam (4-membered cyclic amide) rings is 1. The molecule has 3 atom stereocenters. The number of carbonyl (C=O) groups is 2. The molecule has 2 rings (SSSR count). The molecule has 2 heterocycles. The first-order valence-corrected chi connectivity index (χ1v) is 7.63. The number of amides is 1. The fourth-order valence-corrected chi connectivity index (χ4v) is 3.96. The molecule has 0 bridgehead atoms. The van der Waals surface area contributed by atoms with Crippen LogP contribution in [-0.2, 0) is 9.59 Å².